The second-order valence-corrected chi connectivity index (χ2v) is 8.53. The number of hydrogen-bond acceptors (Lipinski definition) is 6. The first-order valence-corrected chi connectivity index (χ1v) is 11.2. The van der Waals surface area contributed by atoms with Gasteiger partial charge in [0.2, 0.25) is 5.28 Å². The van der Waals surface area contributed by atoms with Gasteiger partial charge in [0, 0.05) is 34.9 Å². The molecule has 5 aromatic rings. The van der Waals surface area contributed by atoms with E-state index in [1.807, 2.05) is 24.5 Å². The maximum atomic E-state index is 14.7. The number of rotatable bonds is 6. The van der Waals surface area contributed by atoms with Crippen molar-refractivity contribution >= 4 is 51.0 Å². The van der Waals surface area contributed by atoms with E-state index in [1.165, 1.54) is 13.2 Å². The van der Waals surface area contributed by atoms with Gasteiger partial charge >= 0.3 is 0 Å². The summed E-state index contributed by atoms with van der Waals surface area (Å²) in [5.74, 6) is -0.000162. The van der Waals surface area contributed by atoms with Crippen LogP contribution in [0.2, 0.25) is 10.3 Å². The van der Waals surface area contributed by atoms with E-state index in [4.69, 9.17) is 27.9 Å². The van der Waals surface area contributed by atoms with Crippen molar-refractivity contribution in [3.8, 4) is 5.75 Å². The fraction of sp³-hybridized carbons (Fsp3) is 0.167. The molecule has 0 atom stereocenters. The first kappa shape index (κ1) is 22.3. The molecule has 10 heteroatoms. The molecule has 0 aliphatic rings. The third kappa shape index (κ3) is 4.22. The summed E-state index contributed by atoms with van der Waals surface area (Å²) in [6, 6.07) is 11.2. The minimum Gasteiger partial charge on any atom is -0.494 e. The van der Waals surface area contributed by atoms with Crippen molar-refractivity contribution in [2.45, 2.75) is 20.0 Å². The smallest absolute Gasteiger partial charge is 0.226 e. The Kier molecular flexibility index (Phi) is 5.93. The highest BCUT2D eigenvalue weighted by molar-refractivity contribution is 6.31. The highest BCUT2D eigenvalue weighted by Gasteiger charge is 2.16. The summed E-state index contributed by atoms with van der Waals surface area (Å²) in [6.45, 7) is 2.62. The third-order valence-electron chi connectivity index (χ3n) is 5.55. The maximum absolute atomic E-state index is 14.7. The van der Waals surface area contributed by atoms with Gasteiger partial charge in [-0.2, -0.15) is 15.1 Å². The van der Waals surface area contributed by atoms with Crippen LogP contribution >= 0.6 is 23.2 Å². The van der Waals surface area contributed by atoms with Gasteiger partial charge in [0.1, 0.15) is 5.82 Å². The van der Waals surface area contributed by atoms with Gasteiger partial charge in [-0.05, 0) is 53.9 Å². The average molecular weight is 497 g/mol. The Morgan fingerprint density at radius 3 is 2.79 bits per heavy atom. The number of ether oxygens (including phenoxy) is 1. The third-order valence-corrected chi connectivity index (χ3v) is 6.07. The minimum absolute atomic E-state index is 0.0282. The van der Waals surface area contributed by atoms with Crippen LogP contribution in [-0.2, 0) is 13.1 Å². The zero-order valence-electron chi connectivity index (χ0n) is 18.3. The molecular weight excluding hydrogens is 478 g/mol. The molecule has 7 nitrogen and oxygen atoms in total. The van der Waals surface area contributed by atoms with Crippen molar-refractivity contribution in [1.82, 2.24) is 24.7 Å². The molecule has 3 aromatic heterocycles. The van der Waals surface area contributed by atoms with E-state index in [0.717, 1.165) is 22.0 Å². The molecule has 0 bridgehead atoms. The Bertz CT molecular complexity index is 1540. The summed E-state index contributed by atoms with van der Waals surface area (Å²) in [5, 5.41) is 9.69. The van der Waals surface area contributed by atoms with Crippen LogP contribution in [0.3, 0.4) is 0 Å². The highest BCUT2D eigenvalue weighted by atomic mass is 35.5. The number of pyridine rings is 1. The molecule has 172 valence electrons. The number of aryl methyl sites for hydroxylation is 1. The predicted molar refractivity (Wildman–Crippen MR) is 131 cm³/mol. The minimum atomic E-state index is -0.534. The van der Waals surface area contributed by atoms with E-state index >= 15 is 0 Å². The molecule has 0 fully saturated rings. The summed E-state index contributed by atoms with van der Waals surface area (Å²) < 4.78 is 21.5. The number of aromatic nitrogens is 5. The van der Waals surface area contributed by atoms with Crippen LogP contribution in [0.15, 0.2) is 48.8 Å². The second-order valence-electron chi connectivity index (χ2n) is 7.79. The van der Waals surface area contributed by atoms with E-state index in [9.17, 15) is 4.39 Å². The summed E-state index contributed by atoms with van der Waals surface area (Å²) in [5.41, 5.74) is 3.78. The number of methoxy groups -OCH3 is 1. The lowest BCUT2D eigenvalue weighted by atomic mass is 10.1. The van der Waals surface area contributed by atoms with E-state index in [-0.39, 0.29) is 28.2 Å². The van der Waals surface area contributed by atoms with Gasteiger partial charge in [0.25, 0.3) is 0 Å². The van der Waals surface area contributed by atoms with E-state index < -0.39 is 5.82 Å². The average Bonchev–Trinajstić information content (AvgIpc) is 3.21. The number of benzene rings is 2. The lowest BCUT2D eigenvalue weighted by Gasteiger charge is -2.11. The first-order valence-electron chi connectivity index (χ1n) is 10.4. The van der Waals surface area contributed by atoms with Crippen LogP contribution in [-0.4, -0.2) is 31.8 Å². The van der Waals surface area contributed by atoms with Crippen LogP contribution in [0.25, 0.3) is 21.9 Å². The Balaban J connectivity index is 1.45. The van der Waals surface area contributed by atoms with E-state index in [1.54, 1.807) is 10.7 Å². The van der Waals surface area contributed by atoms with Gasteiger partial charge < -0.3 is 10.1 Å². The van der Waals surface area contributed by atoms with Gasteiger partial charge in [0.05, 0.1) is 24.6 Å². The largest absolute Gasteiger partial charge is 0.494 e. The van der Waals surface area contributed by atoms with E-state index in [0.29, 0.717) is 23.4 Å². The van der Waals surface area contributed by atoms with Gasteiger partial charge in [-0.1, -0.05) is 23.7 Å². The second kappa shape index (κ2) is 9.04. The van der Waals surface area contributed by atoms with Crippen LogP contribution in [0.1, 0.15) is 16.7 Å². The Hall–Kier alpha value is -3.49. The first-order chi connectivity index (χ1) is 16.4. The molecule has 2 aromatic carbocycles. The number of nitrogens with zero attached hydrogens (tertiary/aromatic N) is 5. The van der Waals surface area contributed by atoms with Crippen molar-refractivity contribution in [2.75, 3.05) is 12.4 Å². The molecule has 0 unspecified atom stereocenters. The fourth-order valence-electron chi connectivity index (χ4n) is 3.82. The molecule has 0 saturated heterocycles. The molecule has 1 N–H and O–H groups in total. The zero-order chi connectivity index (χ0) is 23.8. The molecule has 5 rings (SSSR count). The molecule has 0 aliphatic heterocycles. The summed E-state index contributed by atoms with van der Waals surface area (Å²) in [7, 11) is 1.40. The van der Waals surface area contributed by atoms with Gasteiger partial charge in [-0.15, -0.1) is 0 Å². The van der Waals surface area contributed by atoms with E-state index in [2.05, 4.69) is 44.4 Å². The monoisotopic (exact) mass is 496 g/mol. The Morgan fingerprint density at radius 2 is 1.97 bits per heavy atom. The number of nitrogens with one attached hydrogen (secondary N) is 1. The lowest BCUT2D eigenvalue weighted by molar-refractivity contribution is 0.384. The normalized spacial score (nSPS) is 11.3. The molecule has 0 radical (unpaired) electrons. The van der Waals surface area contributed by atoms with Crippen molar-refractivity contribution < 1.29 is 9.13 Å². The number of anilines is 1. The standard InChI is InChI=1S/C24H19Cl2FN6O/c1-13-4-3-5-19-15(13)8-14(9-28-19)11-33-12-17-22(30-24(26)31-23(17)32-33)29-10-16-18(25)6-7-20(34-2)21(16)27/h3-9,12H,10-11H2,1-2H3,(H,29,30,31,32). The van der Waals surface area contributed by atoms with Crippen LogP contribution in [0.5, 0.6) is 5.75 Å². The quantitative estimate of drug-likeness (QED) is 0.299. The van der Waals surface area contributed by atoms with Crippen molar-refractivity contribution in [2.24, 2.45) is 0 Å². The van der Waals surface area contributed by atoms with Crippen LogP contribution in [0.4, 0.5) is 10.2 Å². The van der Waals surface area contributed by atoms with Crippen molar-refractivity contribution in [1.29, 1.82) is 0 Å². The number of halogens is 3. The molecule has 0 spiro atoms. The molecule has 0 saturated carbocycles. The lowest BCUT2D eigenvalue weighted by Crippen LogP contribution is -2.06. The summed E-state index contributed by atoms with van der Waals surface area (Å²) in [4.78, 5) is 13.1. The molecule has 0 aliphatic carbocycles. The fourth-order valence-corrected chi connectivity index (χ4v) is 4.20. The summed E-state index contributed by atoms with van der Waals surface area (Å²) >= 11 is 12.3. The summed E-state index contributed by atoms with van der Waals surface area (Å²) in [6.07, 6.45) is 3.65. The van der Waals surface area contributed by atoms with Crippen LogP contribution < -0.4 is 10.1 Å². The SMILES string of the molecule is COc1ccc(Cl)c(CNc2nc(Cl)nc3nn(Cc4cnc5cccc(C)c5c4)cc23)c1F. The molecule has 34 heavy (non-hydrogen) atoms. The zero-order valence-corrected chi connectivity index (χ0v) is 19.8. The molecule has 3 heterocycles. The van der Waals surface area contributed by atoms with Gasteiger partial charge in [0.15, 0.2) is 17.2 Å². The topological polar surface area (TPSA) is 77.8 Å². The van der Waals surface area contributed by atoms with Crippen LogP contribution in [0, 0.1) is 12.7 Å². The van der Waals surface area contributed by atoms with Crippen molar-refractivity contribution in [3.63, 3.8) is 0 Å². The Morgan fingerprint density at radius 1 is 1.12 bits per heavy atom. The molecule has 0 amide bonds. The highest BCUT2D eigenvalue weighted by Crippen LogP contribution is 2.29. The number of hydrogen-bond donors (Lipinski definition) is 1. The van der Waals surface area contributed by atoms with Crippen molar-refractivity contribution in [3.05, 3.63) is 81.6 Å². The predicted octanol–water partition coefficient (Wildman–Crippen LogP) is 5.80. The Labute approximate surface area is 204 Å². The maximum Gasteiger partial charge on any atom is 0.226 e. The van der Waals surface area contributed by atoms with Gasteiger partial charge in [-0.25, -0.2) is 4.39 Å². The number of fused-ring (bicyclic) bond motifs is 2. The molecular formula is C24H19Cl2FN6O. The van der Waals surface area contributed by atoms with Gasteiger partial charge in [-0.3, -0.25) is 9.67 Å².